The standard InChI is InChI=1S/C14H10N2O4/c17-14(13-6-1-2-9-15(13)18)8-7-11-4-3-5-12(10-11)16(19)20/h1-10H/b8-7+. The van der Waals surface area contributed by atoms with Crippen molar-refractivity contribution in [3.05, 3.63) is 81.3 Å². The molecule has 0 unspecified atom stereocenters. The number of carbonyl (C=O) groups excluding carboxylic acids is 1. The van der Waals surface area contributed by atoms with Gasteiger partial charge in [-0.1, -0.05) is 18.2 Å². The number of pyridine rings is 1. The molecule has 6 heteroatoms. The number of carbonyl (C=O) groups is 1. The highest BCUT2D eigenvalue weighted by molar-refractivity contribution is 6.04. The minimum absolute atomic E-state index is 0.00539. The maximum absolute atomic E-state index is 11.8. The molecule has 0 aliphatic rings. The Morgan fingerprint density at radius 2 is 2.00 bits per heavy atom. The number of rotatable bonds is 4. The first-order chi connectivity index (χ1) is 9.58. The molecular weight excluding hydrogens is 260 g/mol. The van der Waals surface area contributed by atoms with E-state index in [-0.39, 0.29) is 11.4 Å². The molecule has 2 aromatic rings. The van der Waals surface area contributed by atoms with Gasteiger partial charge in [0.2, 0.25) is 0 Å². The van der Waals surface area contributed by atoms with E-state index in [1.165, 1.54) is 48.7 Å². The number of nitro groups is 1. The Bertz CT molecular complexity index is 695. The summed E-state index contributed by atoms with van der Waals surface area (Å²) in [6.45, 7) is 0. The number of hydrogen-bond donors (Lipinski definition) is 0. The first kappa shape index (κ1) is 13.4. The molecule has 1 heterocycles. The highest BCUT2D eigenvalue weighted by atomic mass is 16.6. The van der Waals surface area contributed by atoms with Gasteiger partial charge in [0.15, 0.2) is 6.20 Å². The molecular formula is C14H10N2O4. The molecule has 1 aromatic heterocycles. The lowest BCUT2D eigenvalue weighted by Crippen LogP contribution is -2.33. The van der Waals surface area contributed by atoms with Gasteiger partial charge in [0.25, 0.3) is 17.2 Å². The van der Waals surface area contributed by atoms with Gasteiger partial charge in [0.05, 0.1) is 4.92 Å². The van der Waals surface area contributed by atoms with E-state index < -0.39 is 10.7 Å². The van der Waals surface area contributed by atoms with Crippen LogP contribution in [0.25, 0.3) is 6.08 Å². The van der Waals surface area contributed by atoms with Crippen molar-refractivity contribution in [1.29, 1.82) is 0 Å². The lowest BCUT2D eigenvalue weighted by molar-refractivity contribution is -0.607. The number of benzene rings is 1. The Balaban J connectivity index is 2.21. The third-order valence-corrected chi connectivity index (χ3v) is 2.58. The van der Waals surface area contributed by atoms with Crippen LogP contribution >= 0.6 is 0 Å². The van der Waals surface area contributed by atoms with Gasteiger partial charge in [-0.25, -0.2) is 0 Å². The van der Waals surface area contributed by atoms with E-state index in [9.17, 15) is 20.1 Å². The van der Waals surface area contributed by atoms with Crippen LogP contribution in [-0.2, 0) is 0 Å². The maximum atomic E-state index is 11.8. The Kier molecular flexibility index (Phi) is 3.85. The number of aromatic nitrogens is 1. The fraction of sp³-hybridized carbons (Fsp3) is 0. The van der Waals surface area contributed by atoms with Crippen LogP contribution in [0.2, 0.25) is 0 Å². The molecule has 0 saturated carbocycles. The first-order valence-corrected chi connectivity index (χ1v) is 5.73. The average molecular weight is 270 g/mol. The molecule has 0 fully saturated rings. The van der Waals surface area contributed by atoms with E-state index in [1.807, 2.05) is 0 Å². The number of nitrogens with zero attached hydrogens (tertiary/aromatic N) is 2. The molecule has 1 aromatic carbocycles. The predicted octanol–water partition coefficient (Wildman–Crippen LogP) is 2.12. The summed E-state index contributed by atoms with van der Waals surface area (Å²) in [7, 11) is 0. The molecule has 0 bridgehead atoms. The minimum atomic E-state index is -0.512. The first-order valence-electron chi connectivity index (χ1n) is 5.73. The van der Waals surface area contributed by atoms with Crippen LogP contribution in [0.3, 0.4) is 0 Å². The van der Waals surface area contributed by atoms with E-state index in [4.69, 9.17) is 0 Å². The number of allylic oxidation sites excluding steroid dienone is 1. The second-order valence-electron chi connectivity index (χ2n) is 3.96. The largest absolute Gasteiger partial charge is 0.618 e. The Hall–Kier alpha value is -3.02. The van der Waals surface area contributed by atoms with Crippen LogP contribution < -0.4 is 4.73 Å². The van der Waals surface area contributed by atoms with Gasteiger partial charge in [-0.05, 0) is 17.7 Å². The van der Waals surface area contributed by atoms with E-state index in [0.29, 0.717) is 10.3 Å². The highest BCUT2D eigenvalue weighted by Crippen LogP contribution is 2.14. The number of non-ortho nitro benzene ring substituents is 1. The fourth-order valence-corrected chi connectivity index (χ4v) is 1.62. The van der Waals surface area contributed by atoms with E-state index >= 15 is 0 Å². The van der Waals surface area contributed by atoms with Gasteiger partial charge in [-0.15, -0.1) is 0 Å². The molecule has 0 aliphatic heterocycles. The van der Waals surface area contributed by atoms with Crippen molar-refractivity contribution in [2.75, 3.05) is 0 Å². The SMILES string of the molecule is O=C(/C=C/c1cccc([N+](=O)[O-])c1)c1cccc[n+]1[O-]. The molecule has 0 radical (unpaired) electrons. The number of nitro benzene ring substituents is 1. The summed E-state index contributed by atoms with van der Waals surface area (Å²) in [5.41, 5.74) is 0.452. The Labute approximate surface area is 114 Å². The van der Waals surface area contributed by atoms with Crippen molar-refractivity contribution in [2.45, 2.75) is 0 Å². The molecule has 0 amide bonds. The quantitative estimate of drug-likeness (QED) is 0.212. The summed E-state index contributed by atoms with van der Waals surface area (Å²) in [6.07, 6.45) is 3.87. The van der Waals surface area contributed by atoms with Gasteiger partial charge in [-0.2, -0.15) is 4.73 Å². The molecule has 2 rings (SSSR count). The van der Waals surface area contributed by atoms with Crippen LogP contribution in [0.1, 0.15) is 16.1 Å². The van der Waals surface area contributed by atoms with Crippen LogP contribution in [0.4, 0.5) is 5.69 Å². The van der Waals surface area contributed by atoms with E-state index in [1.54, 1.807) is 12.1 Å². The summed E-state index contributed by atoms with van der Waals surface area (Å²) in [6, 6.07) is 10.4. The van der Waals surface area contributed by atoms with Crippen molar-refractivity contribution >= 4 is 17.5 Å². The van der Waals surface area contributed by atoms with E-state index in [0.717, 1.165) is 0 Å². The Morgan fingerprint density at radius 1 is 1.20 bits per heavy atom. The molecule has 100 valence electrons. The summed E-state index contributed by atoms with van der Waals surface area (Å²) in [5, 5.41) is 22.0. The summed E-state index contributed by atoms with van der Waals surface area (Å²) < 4.78 is 0.472. The van der Waals surface area contributed by atoms with Crippen molar-refractivity contribution in [3.8, 4) is 0 Å². The lowest BCUT2D eigenvalue weighted by atomic mass is 10.1. The van der Waals surface area contributed by atoms with Crippen LogP contribution in [0.5, 0.6) is 0 Å². The zero-order chi connectivity index (χ0) is 14.5. The Morgan fingerprint density at radius 3 is 2.70 bits per heavy atom. The van der Waals surface area contributed by atoms with Gasteiger partial charge < -0.3 is 5.21 Å². The van der Waals surface area contributed by atoms with Gasteiger partial charge >= 0.3 is 0 Å². The zero-order valence-corrected chi connectivity index (χ0v) is 10.3. The zero-order valence-electron chi connectivity index (χ0n) is 10.3. The summed E-state index contributed by atoms with van der Waals surface area (Å²) in [4.78, 5) is 21.9. The van der Waals surface area contributed by atoms with Gasteiger partial charge in [-0.3, -0.25) is 14.9 Å². The highest BCUT2D eigenvalue weighted by Gasteiger charge is 2.11. The molecule has 0 spiro atoms. The topological polar surface area (TPSA) is 87.1 Å². The smallest absolute Gasteiger partial charge is 0.270 e. The predicted molar refractivity (Wildman–Crippen MR) is 71.9 cm³/mol. The average Bonchev–Trinajstić information content (AvgIpc) is 2.45. The second-order valence-corrected chi connectivity index (χ2v) is 3.96. The molecule has 0 saturated heterocycles. The second kappa shape index (κ2) is 5.75. The van der Waals surface area contributed by atoms with Gasteiger partial charge in [0.1, 0.15) is 0 Å². The summed E-state index contributed by atoms with van der Waals surface area (Å²) >= 11 is 0. The third kappa shape index (κ3) is 3.05. The van der Waals surface area contributed by atoms with Crippen LogP contribution in [-0.4, -0.2) is 10.7 Å². The van der Waals surface area contributed by atoms with Crippen LogP contribution in [0, 0.1) is 15.3 Å². The number of hydrogen-bond acceptors (Lipinski definition) is 4. The van der Waals surface area contributed by atoms with Crippen molar-refractivity contribution < 1.29 is 14.4 Å². The molecule has 0 N–H and O–H groups in total. The van der Waals surface area contributed by atoms with E-state index in [2.05, 4.69) is 0 Å². The van der Waals surface area contributed by atoms with Crippen molar-refractivity contribution in [2.24, 2.45) is 0 Å². The van der Waals surface area contributed by atoms with Crippen molar-refractivity contribution in [1.82, 2.24) is 0 Å². The molecule has 0 atom stereocenters. The van der Waals surface area contributed by atoms with Crippen molar-refractivity contribution in [3.63, 3.8) is 0 Å². The van der Waals surface area contributed by atoms with Gasteiger partial charge in [0, 0.05) is 24.3 Å². The summed E-state index contributed by atoms with van der Waals surface area (Å²) in [5.74, 6) is -0.466. The lowest BCUT2D eigenvalue weighted by Gasteiger charge is -1.99. The molecule has 6 nitrogen and oxygen atoms in total. The monoisotopic (exact) mass is 270 g/mol. The number of ketones is 1. The van der Waals surface area contributed by atoms with Crippen LogP contribution in [0.15, 0.2) is 54.7 Å². The normalized spacial score (nSPS) is 10.6. The molecule has 20 heavy (non-hydrogen) atoms. The fourth-order valence-electron chi connectivity index (χ4n) is 1.62. The maximum Gasteiger partial charge on any atom is 0.270 e. The molecule has 0 aliphatic carbocycles. The third-order valence-electron chi connectivity index (χ3n) is 2.58. The minimum Gasteiger partial charge on any atom is -0.618 e.